The van der Waals surface area contributed by atoms with Crippen LogP contribution in [0.5, 0.6) is 0 Å². The number of benzene rings is 3. The monoisotopic (exact) mass is 472 g/mol. The molecule has 6 nitrogen and oxygen atoms in total. The normalized spacial score (nSPS) is 11.2. The zero-order valence-electron chi connectivity index (χ0n) is 18.3. The summed E-state index contributed by atoms with van der Waals surface area (Å²) >= 11 is 1.09. The van der Waals surface area contributed by atoms with Crippen LogP contribution in [0, 0.1) is 5.82 Å². The Balaban J connectivity index is 1.53. The van der Waals surface area contributed by atoms with Gasteiger partial charge >= 0.3 is 0 Å². The second-order valence-electron chi connectivity index (χ2n) is 7.77. The van der Waals surface area contributed by atoms with Gasteiger partial charge in [0.25, 0.3) is 5.56 Å². The fourth-order valence-electron chi connectivity index (χ4n) is 3.84. The molecule has 0 aliphatic carbocycles. The number of nitrogens with one attached hydrogen (secondary N) is 2. The van der Waals surface area contributed by atoms with Crippen LogP contribution in [0.1, 0.15) is 12.5 Å². The zero-order chi connectivity index (χ0) is 23.7. The van der Waals surface area contributed by atoms with Gasteiger partial charge in [-0.3, -0.25) is 14.2 Å². The number of aromatic nitrogens is 3. The lowest BCUT2D eigenvalue weighted by molar-refractivity contribution is -0.113. The molecule has 0 unspecified atom stereocenters. The maximum atomic E-state index is 14.7. The minimum Gasteiger partial charge on any atom is -0.349 e. The SMILES string of the molecule is CCc1ccc(NC(=O)CSc2nc3c([nH]c4ccccc43)c(=O)n2-c2ccccc2F)cc1. The van der Waals surface area contributed by atoms with Crippen molar-refractivity contribution in [2.75, 3.05) is 11.1 Å². The van der Waals surface area contributed by atoms with Crippen molar-refractivity contribution in [2.24, 2.45) is 0 Å². The molecule has 0 radical (unpaired) electrons. The molecule has 2 N–H and O–H groups in total. The van der Waals surface area contributed by atoms with E-state index in [0.29, 0.717) is 11.2 Å². The topological polar surface area (TPSA) is 79.8 Å². The molecule has 5 aromatic rings. The second kappa shape index (κ2) is 9.15. The van der Waals surface area contributed by atoms with E-state index in [-0.39, 0.29) is 28.0 Å². The maximum absolute atomic E-state index is 14.7. The van der Waals surface area contributed by atoms with Gasteiger partial charge in [0.1, 0.15) is 16.9 Å². The van der Waals surface area contributed by atoms with Crippen molar-refractivity contribution in [3.63, 3.8) is 0 Å². The lowest BCUT2D eigenvalue weighted by Gasteiger charge is -2.13. The van der Waals surface area contributed by atoms with E-state index in [9.17, 15) is 14.0 Å². The van der Waals surface area contributed by atoms with Crippen molar-refractivity contribution >= 4 is 45.3 Å². The largest absolute Gasteiger partial charge is 0.349 e. The van der Waals surface area contributed by atoms with Gasteiger partial charge in [-0.15, -0.1) is 0 Å². The standard InChI is InChI=1S/C26H21FN4O2S/c1-2-16-11-13-17(14-12-16)28-22(32)15-34-26-30-23-18-7-3-5-9-20(18)29-24(23)25(33)31(26)21-10-6-4-8-19(21)27/h3-14,29H,2,15H2,1H3,(H,28,32). The number of carbonyl (C=O) groups excluding carboxylic acids is 1. The van der Waals surface area contributed by atoms with E-state index in [1.54, 1.807) is 12.1 Å². The Hall–Kier alpha value is -3.91. The van der Waals surface area contributed by atoms with Crippen molar-refractivity contribution in [2.45, 2.75) is 18.5 Å². The molecule has 0 aliphatic heterocycles. The van der Waals surface area contributed by atoms with Gasteiger partial charge < -0.3 is 10.3 Å². The van der Waals surface area contributed by atoms with Crippen molar-refractivity contribution in [1.82, 2.24) is 14.5 Å². The number of H-pyrrole nitrogens is 1. The molecule has 2 heterocycles. The van der Waals surface area contributed by atoms with Gasteiger partial charge in [0.15, 0.2) is 5.16 Å². The fourth-order valence-corrected chi connectivity index (χ4v) is 4.63. The van der Waals surface area contributed by atoms with E-state index >= 15 is 0 Å². The molecule has 170 valence electrons. The zero-order valence-corrected chi connectivity index (χ0v) is 19.2. The second-order valence-corrected chi connectivity index (χ2v) is 8.71. The molecule has 0 fully saturated rings. The smallest absolute Gasteiger partial charge is 0.283 e. The predicted octanol–water partition coefficient (Wildman–Crippen LogP) is 5.30. The molecule has 0 saturated heterocycles. The molecule has 0 aliphatic rings. The molecule has 8 heteroatoms. The summed E-state index contributed by atoms with van der Waals surface area (Å²) in [6.07, 6.45) is 0.916. The van der Waals surface area contributed by atoms with Crippen LogP contribution < -0.4 is 10.9 Å². The number of fused-ring (bicyclic) bond motifs is 3. The Kier molecular flexibility index (Phi) is 5.90. The first kappa shape index (κ1) is 21.9. The van der Waals surface area contributed by atoms with E-state index in [1.165, 1.54) is 22.3 Å². The van der Waals surface area contributed by atoms with E-state index in [0.717, 1.165) is 29.1 Å². The highest BCUT2D eigenvalue weighted by molar-refractivity contribution is 7.99. The lowest BCUT2D eigenvalue weighted by atomic mass is 10.1. The van der Waals surface area contributed by atoms with Crippen molar-refractivity contribution in [3.8, 4) is 5.69 Å². The minimum absolute atomic E-state index is 0.00425. The van der Waals surface area contributed by atoms with Crippen LogP contribution in [0.15, 0.2) is 82.7 Å². The quantitative estimate of drug-likeness (QED) is 0.260. The molecular formula is C26H21FN4O2S. The van der Waals surface area contributed by atoms with Gasteiger partial charge in [-0.25, -0.2) is 9.37 Å². The summed E-state index contributed by atoms with van der Waals surface area (Å²) in [5.41, 5.74) is 3.06. The number of carbonyl (C=O) groups is 1. The number of amides is 1. The van der Waals surface area contributed by atoms with E-state index in [4.69, 9.17) is 4.98 Å². The van der Waals surface area contributed by atoms with Gasteiger partial charge in [0.2, 0.25) is 5.91 Å². The minimum atomic E-state index is -0.552. The van der Waals surface area contributed by atoms with Gasteiger partial charge in [-0.1, -0.05) is 61.2 Å². The molecule has 3 aromatic carbocycles. The molecule has 0 spiro atoms. The van der Waals surface area contributed by atoms with Crippen LogP contribution in [0.25, 0.3) is 27.6 Å². The Morgan fingerprint density at radius 3 is 2.56 bits per heavy atom. The Morgan fingerprint density at radius 1 is 1.06 bits per heavy atom. The highest BCUT2D eigenvalue weighted by atomic mass is 32.2. The first-order valence-corrected chi connectivity index (χ1v) is 11.8. The summed E-state index contributed by atoms with van der Waals surface area (Å²) in [6.45, 7) is 2.07. The summed E-state index contributed by atoms with van der Waals surface area (Å²) in [5, 5.41) is 3.88. The number of aryl methyl sites for hydroxylation is 1. The lowest BCUT2D eigenvalue weighted by Crippen LogP contribution is -2.23. The third kappa shape index (κ3) is 4.08. The van der Waals surface area contributed by atoms with Crippen LogP contribution >= 0.6 is 11.8 Å². The number of aromatic amines is 1. The molecule has 2 aromatic heterocycles. The van der Waals surface area contributed by atoms with Crippen LogP contribution in [-0.2, 0) is 11.2 Å². The highest BCUT2D eigenvalue weighted by Crippen LogP contribution is 2.27. The number of hydrogen-bond donors (Lipinski definition) is 2. The predicted molar refractivity (Wildman–Crippen MR) is 134 cm³/mol. The summed E-state index contributed by atoms with van der Waals surface area (Å²) in [6, 6.07) is 21.1. The summed E-state index contributed by atoms with van der Waals surface area (Å²) in [7, 11) is 0. The van der Waals surface area contributed by atoms with E-state index in [2.05, 4.69) is 17.2 Å². The number of hydrogen-bond acceptors (Lipinski definition) is 4. The molecular weight excluding hydrogens is 451 g/mol. The van der Waals surface area contributed by atoms with Crippen LogP contribution in [0.4, 0.5) is 10.1 Å². The number of anilines is 1. The van der Waals surface area contributed by atoms with Crippen molar-refractivity contribution in [1.29, 1.82) is 0 Å². The number of para-hydroxylation sites is 2. The van der Waals surface area contributed by atoms with Crippen LogP contribution in [-0.4, -0.2) is 26.2 Å². The molecule has 0 atom stereocenters. The number of nitrogens with zero attached hydrogens (tertiary/aromatic N) is 2. The van der Waals surface area contributed by atoms with Crippen LogP contribution in [0.2, 0.25) is 0 Å². The molecule has 5 rings (SSSR count). The first-order chi connectivity index (χ1) is 16.5. The average Bonchev–Trinajstić information content (AvgIpc) is 3.23. The van der Waals surface area contributed by atoms with Crippen molar-refractivity contribution < 1.29 is 9.18 Å². The Bertz CT molecular complexity index is 1570. The van der Waals surface area contributed by atoms with Gasteiger partial charge in [-0.2, -0.15) is 0 Å². The third-order valence-electron chi connectivity index (χ3n) is 5.57. The summed E-state index contributed by atoms with van der Waals surface area (Å²) in [5.74, 6) is -0.795. The Labute approximate surface area is 198 Å². The van der Waals surface area contributed by atoms with Crippen molar-refractivity contribution in [3.05, 3.63) is 94.5 Å². The summed E-state index contributed by atoms with van der Waals surface area (Å²) < 4.78 is 15.9. The first-order valence-electron chi connectivity index (χ1n) is 10.8. The highest BCUT2D eigenvalue weighted by Gasteiger charge is 2.19. The van der Waals surface area contributed by atoms with Gasteiger partial charge in [0, 0.05) is 16.6 Å². The Morgan fingerprint density at radius 2 is 1.79 bits per heavy atom. The molecule has 34 heavy (non-hydrogen) atoms. The van der Waals surface area contributed by atoms with Gasteiger partial charge in [0.05, 0.1) is 11.4 Å². The molecule has 0 bridgehead atoms. The van der Waals surface area contributed by atoms with E-state index < -0.39 is 11.4 Å². The fraction of sp³-hybridized carbons (Fsp3) is 0.115. The summed E-state index contributed by atoms with van der Waals surface area (Å²) in [4.78, 5) is 33.9. The maximum Gasteiger partial charge on any atom is 0.283 e. The molecule has 1 amide bonds. The third-order valence-corrected chi connectivity index (χ3v) is 6.50. The van der Waals surface area contributed by atoms with Gasteiger partial charge in [-0.05, 0) is 42.3 Å². The van der Waals surface area contributed by atoms with E-state index in [1.807, 2.05) is 48.5 Å². The number of thioether (sulfide) groups is 1. The average molecular weight is 473 g/mol. The number of halogens is 1. The molecule has 0 saturated carbocycles. The van der Waals surface area contributed by atoms with Crippen LogP contribution in [0.3, 0.4) is 0 Å². The number of rotatable bonds is 6.